The zero-order valence-electron chi connectivity index (χ0n) is 11.0. The summed E-state index contributed by atoms with van der Waals surface area (Å²) in [5.41, 5.74) is 1.62. The van der Waals surface area contributed by atoms with E-state index in [9.17, 15) is 10.1 Å². The second kappa shape index (κ2) is 5.96. The zero-order chi connectivity index (χ0) is 14.8. The van der Waals surface area contributed by atoms with Gasteiger partial charge in [-0.05, 0) is 15.9 Å². The summed E-state index contributed by atoms with van der Waals surface area (Å²) in [5, 5.41) is 14.3. The van der Waals surface area contributed by atoms with E-state index in [1.807, 2.05) is 0 Å². The summed E-state index contributed by atoms with van der Waals surface area (Å²) in [6.45, 7) is 2.02. The van der Waals surface area contributed by atoms with Crippen molar-refractivity contribution in [3.8, 4) is 0 Å². The third kappa shape index (κ3) is 2.85. The summed E-state index contributed by atoms with van der Waals surface area (Å²) in [5.74, 6) is 0. The number of nitrogens with zero attached hydrogens (tertiary/aromatic N) is 2. The molecule has 1 aromatic heterocycles. The number of benzene rings is 1. The summed E-state index contributed by atoms with van der Waals surface area (Å²) in [6.07, 6.45) is 1.38. The number of aromatic amines is 1. The summed E-state index contributed by atoms with van der Waals surface area (Å²) < 4.78 is 11.4. The largest absolute Gasteiger partial charge is 0.376 e. The quantitative estimate of drug-likeness (QED) is 0.642. The topological polar surface area (TPSA) is 102 Å². The van der Waals surface area contributed by atoms with Crippen molar-refractivity contribution in [2.75, 3.05) is 31.7 Å². The first-order valence-corrected chi connectivity index (χ1v) is 7.19. The number of fused-ring (bicyclic) bond motifs is 1. The van der Waals surface area contributed by atoms with Gasteiger partial charge in [-0.2, -0.15) is 0 Å². The van der Waals surface area contributed by atoms with Crippen molar-refractivity contribution in [1.82, 2.24) is 9.97 Å². The van der Waals surface area contributed by atoms with Crippen LogP contribution in [0.4, 0.5) is 11.4 Å². The molecule has 2 aromatic rings. The van der Waals surface area contributed by atoms with Crippen LogP contribution < -0.4 is 5.32 Å². The van der Waals surface area contributed by atoms with Gasteiger partial charge in [0.05, 0.1) is 47.2 Å². The molecule has 1 fully saturated rings. The predicted octanol–water partition coefficient (Wildman–Crippen LogP) is 2.06. The van der Waals surface area contributed by atoms with Crippen LogP contribution in [-0.2, 0) is 9.47 Å². The van der Waals surface area contributed by atoms with Gasteiger partial charge < -0.3 is 19.8 Å². The van der Waals surface area contributed by atoms with Crippen LogP contribution in [0.5, 0.6) is 0 Å². The van der Waals surface area contributed by atoms with Gasteiger partial charge in [-0.1, -0.05) is 0 Å². The first-order valence-electron chi connectivity index (χ1n) is 6.40. The number of anilines is 1. The summed E-state index contributed by atoms with van der Waals surface area (Å²) in [4.78, 5) is 17.9. The van der Waals surface area contributed by atoms with Crippen LogP contribution in [-0.4, -0.2) is 47.4 Å². The molecule has 1 aliphatic heterocycles. The number of rotatable bonds is 4. The average Bonchev–Trinajstić information content (AvgIpc) is 2.97. The molecule has 2 heterocycles. The van der Waals surface area contributed by atoms with Crippen LogP contribution in [0.1, 0.15) is 0 Å². The number of halogens is 1. The fourth-order valence-electron chi connectivity index (χ4n) is 2.25. The fraction of sp³-hybridized carbons (Fsp3) is 0.417. The second-order valence-corrected chi connectivity index (χ2v) is 5.44. The van der Waals surface area contributed by atoms with Gasteiger partial charge in [-0.3, -0.25) is 10.1 Å². The number of nitrogens with one attached hydrogen (secondary N) is 2. The van der Waals surface area contributed by atoms with E-state index in [2.05, 4.69) is 31.2 Å². The Labute approximate surface area is 128 Å². The highest BCUT2D eigenvalue weighted by molar-refractivity contribution is 9.10. The van der Waals surface area contributed by atoms with Gasteiger partial charge in [0.2, 0.25) is 0 Å². The van der Waals surface area contributed by atoms with Crippen molar-refractivity contribution in [3.05, 3.63) is 27.0 Å². The minimum atomic E-state index is -0.425. The highest BCUT2D eigenvalue weighted by atomic mass is 79.9. The van der Waals surface area contributed by atoms with E-state index in [0.717, 1.165) is 0 Å². The molecule has 1 saturated heterocycles. The number of imidazole rings is 1. The lowest BCUT2D eigenvalue weighted by Crippen LogP contribution is -2.34. The van der Waals surface area contributed by atoms with Gasteiger partial charge in [-0.15, -0.1) is 0 Å². The molecule has 21 heavy (non-hydrogen) atoms. The van der Waals surface area contributed by atoms with Crippen LogP contribution in [0.25, 0.3) is 11.0 Å². The minimum absolute atomic E-state index is 0.0182. The molecule has 1 aromatic carbocycles. The molecule has 0 aliphatic carbocycles. The lowest BCUT2D eigenvalue weighted by atomic mass is 10.2. The molecule has 112 valence electrons. The molecule has 0 amide bonds. The molecule has 3 rings (SSSR count). The van der Waals surface area contributed by atoms with Gasteiger partial charge in [-0.25, -0.2) is 4.98 Å². The van der Waals surface area contributed by atoms with Crippen LogP contribution in [0.15, 0.2) is 16.9 Å². The van der Waals surface area contributed by atoms with E-state index < -0.39 is 4.92 Å². The monoisotopic (exact) mass is 356 g/mol. The third-order valence-electron chi connectivity index (χ3n) is 3.22. The van der Waals surface area contributed by atoms with Crippen molar-refractivity contribution in [2.45, 2.75) is 6.10 Å². The zero-order valence-corrected chi connectivity index (χ0v) is 12.6. The summed E-state index contributed by atoms with van der Waals surface area (Å²) >= 11 is 3.30. The Balaban J connectivity index is 1.91. The van der Waals surface area contributed by atoms with Gasteiger partial charge >= 0.3 is 0 Å². The molecule has 0 spiro atoms. The SMILES string of the molecule is O=[N+]([O-])c1cc(Br)c2nc[nH]c2c1NCC1COCCO1. The van der Waals surface area contributed by atoms with Crippen molar-refractivity contribution >= 4 is 38.3 Å². The summed E-state index contributed by atoms with van der Waals surface area (Å²) in [7, 11) is 0. The normalized spacial score (nSPS) is 18.8. The Bertz CT molecular complexity index is 669. The Morgan fingerprint density at radius 3 is 3.14 bits per heavy atom. The number of H-pyrrole nitrogens is 1. The van der Waals surface area contributed by atoms with Crippen molar-refractivity contribution in [3.63, 3.8) is 0 Å². The maximum absolute atomic E-state index is 11.2. The van der Waals surface area contributed by atoms with Crippen LogP contribution in [0.2, 0.25) is 0 Å². The van der Waals surface area contributed by atoms with Crippen molar-refractivity contribution in [1.29, 1.82) is 0 Å². The highest BCUT2D eigenvalue weighted by Crippen LogP contribution is 2.36. The fourth-order valence-corrected chi connectivity index (χ4v) is 2.77. The minimum Gasteiger partial charge on any atom is -0.376 e. The highest BCUT2D eigenvalue weighted by Gasteiger charge is 2.23. The first-order chi connectivity index (χ1) is 10.2. The lowest BCUT2D eigenvalue weighted by Gasteiger charge is -2.23. The number of hydrogen-bond acceptors (Lipinski definition) is 6. The first kappa shape index (κ1) is 14.2. The molecule has 0 saturated carbocycles. The van der Waals surface area contributed by atoms with Gasteiger partial charge in [0.1, 0.15) is 11.2 Å². The maximum Gasteiger partial charge on any atom is 0.295 e. The maximum atomic E-state index is 11.2. The Kier molecular flexibility index (Phi) is 4.04. The second-order valence-electron chi connectivity index (χ2n) is 4.58. The lowest BCUT2D eigenvalue weighted by molar-refractivity contribution is -0.383. The van der Waals surface area contributed by atoms with E-state index in [1.54, 1.807) is 0 Å². The van der Waals surface area contributed by atoms with Gasteiger partial charge in [0.15, 0.2) is 0 Å². The van der Waals surface area contributed by atoms with Gasteiger partial charge in [0, 0.05) is 12.6 Å². The molecule has 1 unspecified atom stereocenters. The number of nitro benzene ring substituents is 1. The molecule has 8 nitrogen and oxygen atoms in total. The van der Waals surface area contributed by atoms with Crippen LogP contribution in [0, 0.1) is 10.1 Å². The number of aromatic nitrogens is 2. The molecule has 9 heteroatoms. The van der Waals surface area contributed by atoms with E-state index >= 15 is 0 Å². The van der Waals surface area contributed by atoms with E-state index in [1.165, 1.54) is 12.4 Å². The van der Waals surface area contributed by atoms with E-state index in [0.29, 0.717) is 47.6 Å². The number of ether oxygens (including phenoxy) is 2. The standard InChI is InChI=1S/C12H13BrN4O4/c13-8-3-9(17(18)19)11(12-10(8)15-6-16-12)14-4-7-5-20-1-2-21-7/h3,6-7,14H,1-2,4-5H2,(H,15,16). The smallest absolute Gasteiger partial charge is 0.295 e. The van der Waals surface area contributed by atoms with Crippen molar-refractivity contribution in [2.24, 2.45) is 0 Å². The average molecular weight is 357 g/mol. The number of hydrogen-bond donors (Lipinski definition) is 2. The molecule has 2 N–H and O–H groups in total. The third-order valence-corrected chi connectivity index (χ3v) is 3.83. The van der Waals surface area contributed by atoms with E-state index in [-0.39, 0.29) is 11.8 Å². The molecule has 1 aliphatic rings. The Morgan fingerprint density at radius 2 is 2.43 bits per heavy atom. The Morgan fingerprint density at radius 1 is 1.57 bits per heavy atom. The molecule has 0 radical (unpaired) electrons. The van der Waals surface area contributed by atoms with Gasteiger partial charge in [0.25, 0.3) is 5.69 Å². The predicted molar refractivity (Wildman–Crippen MR) is 79.5 cm³/mol. The van der Waals surface area contributed by atoms with Crippen LogP contribution >= 0.6 is 15.9 Å². The summed E-state index contributed by atoms with van der Waals surface area (Å²) in [6, 6.07) is 1.45. The number of nitro groups is 1. The molecular formula is C12H13BrN4O4. The molecule has 1 atom stereocenters. The Hall–Kier alpha value is -1.71. The van der Waals surface area contributed by atoms with Crippen LogP contribution in [0.3, 0.4) is 0 Å². The van der Waals surface area contributed by atoms with E-state index in [4.69, 9.17) is 9.47 Å². The van der Waals surface area contributed by atoms with Crippen molar-refractivity contribution < 1.29 is 14.4 Å². The molecule has 0 bridgehead atoms. The molecular weight excluding hydrogens is 344 g/mol.